The van der Waals surface area contributed by atoms with E-state index in [0.717, 1.165) is 186 Å². The third kappa shape index (κ3) is 59.6. The summed E-state index contributed by atoms with van der Waals surface area (Å²) in [6, 6.07) is -3.19. The standard InChI is InChI=1S/C95H180FN2O20P/c1-7-13-19-25-31-37-38-44-50-55-61-67-85(103)114-79(65-59-53-47-41-34-28-22-16-10-4)70-72-112-92-88(98-84(102)74-80(66-60-54-48-42-35-29-23-17-11-5)115-86(104)68-62-56-49-43-36-30-24-18-12-6)95(117-81(75-96)90(92)118-119(108,109)110)113-76-82-89(105)91(111-71-69-77(99)63-57-51-45-39-32-26-20-14-8-2)87(93(116-82)94(106)107)97-83(101)73-78(100)64-58-52-46-40-33-27-21-15-9-3/h77-82,87-93,95,99-100,105H,7-76H2,1-6H3,(H,97,101)(H,98,102)(H,106,107)(H2,108,109,110)/t77-,78-,79-,80-,81-,82-,87-,88-,89-,90-,91-,92-,93+,95-/m1/s1. The molecule has 2 saturated heterocycles. The van der Waals surface area contributed by atoms with E-state index >= 15 is 9.18 Å². The van der Waals surface area contributed by atoms with Gasteiger partial charge < -0.3 is 74.0 Å². The Balaban J connectivity index is 2.72. The topological polar surface area (TPSA) is 322 Å². The molecule has 0 radical (unpaired) electrons. The summed E-state index contributed by atoms with van der Waals surface area (Å²) in [6.07, 6.45) is 43.6. The van der Waals surface area contributed by atoms with Gasteiger partial charge in [-0.25, -0.2) is 13.8 Å². The van der Waals surface area contributed by atoms with Crippen LogP contribution in [0.15, 0.2) is 0 Å². The molecule has 0 spiro atoms. The Labute approximate surface area is 722 Å². The molecule has 2 heterocycles. The van der Waals surface area contributed by atoms with Crippen molar-refractivity contribution in [3.63, 3.8) is 0 Å². The summed E-state index contributed by atoms with van der Waals surface area (Å²) in [5.74, 6) is -3.81. The Morgan fingerprint density at radius 2 is 0.714 bits per heavy atom. The third-order valence-electron chi connectivity index (χ3n) is 24.1. The number of alkyl halides is 1. The second kappa shape index (κ2) is 76.3. The number of hydrogen-bond acceptors (Lipinski definition) is 17. The predicted octanol–water partition coefficient (Wildman–Crippen LogP) is 22.5. The smallest absolute Gasteiger partial charge is 0.470 e. The second-order valence-electron chi connectivity index (χ2n) is 35.2. The van der Waals surface area contributed by atoms with Crippen LogP contribution < -0.4 is 10.6 Å². The van der Waals surface area contributed by atoms with E-state index in [9.17, 15) is 54.0 Å². The minimum Gasteiger partial charge on any atom is -0.479 e. The summed E-state index contributed by atoms with van der Waals surface area (Å²) in [7, 11) is -5.55. The fourth-order valence-corrected chi connectivity index (χ4v) is 17.3. The van der Waals surface area contributed by atoms with Gasteiger partial charge in [-0.05, 0) is 57.8 Å². The van der Waals surface area contributed by atoms with Gasteiger partial charge in [0.2, 0.25) is 11.8 Å². The largest absolute Gasteiger partial charge is 0.479 e. The monoisotopic (exact) mass is 1720 g/mol. The Morgan fingerprint density at radius 3 is 1.11 bits per heavy atom. The first-order chi connectivity index (χ1) is 57.7. The number of carboxylic acids is 1. The van der Waals surface area contributed by atoms with Gasteiger partial charge in [-0.1, -0.05) is 375 Å². The van der Waals surface area contributed by atoms with Crippen LogP contribution in [0.25, 0.3) is 0 Å². The first-order valence-corrected chi connectivity index (χ1v) is 51.0. The van der Waals surface area contributed by atoms with Gasteiger partial charge in [0.05, 0.1) is 44.3 Å². The zero-order valence-corrected chi connectivity index (χ0v) is 77.2. The number of carbonyl (C=O) groups excluding carboxylic acids is 4. The maximum Gasteiger partial charge on any atom is 0.470 e. The lowest BCUT2D eigenvalue weighted by Gasteiger charge is -2.47. The van der Waals surface area contributed by atoms with Crippen molar-refractivity contribution >= 4 is 37.5 Å². The van der Waals surface area contributed by atoms with E-state index in [0.29, 0.717) is 51.4 Å². The van der Waals surface area contributed by atoms with Crippen molar-refractivity contribution in [2.75, 3.05) is 26.5 Å². The van der Waals surface area contributed by atoms with E-state index in [1.54, 1.807) is 0 Å². The van der Waals surface area contributed by atoms with Gasteiger partial charge >= 0.3 is 25.7 Å². The lowest BCUT2D eigenvalue weighted by Crippen LogP contribution is -2.68. The molecule has 2 rings (SSSR count). The van der Waals surface area contributed by atoms with Gasteiger partial charge in [0, 0.05) is 25.9 Å². The molecule has 0 unspecified atom stereocenters. The second-order valence-corrected chi connectivity index (χ2v) is 36.4. The average molecular weight is 1720 g/mol. The number of halogens is 1. The maximum absolute atomic E-state index is 16.0. The van der Waals surface area contributed by atoms with E-state index in [-0.39, 0.29) is 57.7 Å². The van der Waals surface area contributed by atoms with Crippen LogP contribution in [-0.2, 0) is 66.2 Å². The number of aliphatic carboxylic acids is 1. The van der Waals surface area contributed by atoms with E-state index in [1.807, 2.05) is 0 Å². The number of unbranched alkanes of at least 4 members (excludes halogenated alkanes) is 50. The number of carboxylic acid groups (broad SMARTS) is 1. The van der Waals surface area contributed by atoms with Gasteiger partial charge in [-0.2, -0.15) is 0 Å². The molecule has 702 valence electrons. The van der Waals surface area contributed by atoms with Crippen LogP contribution in [0, 0.1) is 0 Å². The van der Waals surface area contributed by atoms with Crippen LogP contribution in [0.3, 0.4) is 0 Å². The van der Waals surface area contributed by atoms with E-state index in [2.05, 4.69) is 52.2 Å². The van der Waals surface area contributed by atoms with Gasteiger partial charge in [-0.15, -0.1) is 0 Å². The molecule has 8 N–H and O–H groups in total. The SMILES string of the molecule is CCCCCCCCCCCCCC(=O)O[C@H](CCCCCCCCCCC)CCO[C@@H]1[C@@H](NC(=O)C[C@@H](CCCCCCCCCCC)OC(=O)CCCCCCCCCCC)[C@H](OC[C@H]2O[C@H](C(=O)O)[C@H](NC(=O)C[C@H](O)CCCCCCCCCCC)[C@@H](OCC[C@H](O)CCCCCCCCCCC)[C@@H]2O)O[C@H](CF)[C@H]1OP(=O)(O)O. The summed E-state index contributed by atoms with van der Waals surface area (Å²) in [5, 5.41) is 51.6. The Morgan fingerprint density at radius 1 is 0.378 bits per heavy atom. The van der Waals surface area contributed by atoms with Crippen molar-refractivity contribution in [3.8, 4) is 0 Å². The van der Waals surface area contributed by atoms with Crippen LogP contribution in [-0.4, -0.2) is 172 Å². The van der Waals surface area contributed by atoms with Crippen LogP contribution >= 0.6 is 7.82 Å². The summed E-state index contributed by atoms with van der Waals surface area (Å²) < 4.78 is 79.0. The molecule has 0 aromatic carbocycles. The van der Waals surface area contributed by atoms with Crippen LogP contribution in [0.4, 0.5) is 4.39 Å². The highest BCUT2D eigenvalue weighted by Crippen LogP contribution is 2.43. The quantitative estimate of drug-likeness (QED) is 0.0159. The van der Waals surface area contributed by atoms with Crippen LogP contribution in [0.2, 0.25) is 0 Å². The minimum absolute atomic E-state index is 0.0789. The number of aliphatic hydroxyl groups is 3. The summed E-state index contributed by atoms with van der Waals surface area (Å²) in [6.45, 7) is 10.5. The minimum atomic E-state index is -5.55. The zero-order chi connectivity index (χ0) is 87.0. The highest BCUT2D eigenvalue weighted by atomic mass is 31.2. The molecule has 0 bridgehead atoms. The Kier molecular flexibility index (Phi) is 71.9. The highest BCUT2D eigenvalue weighted by Gasteiger charge is 2.54. The molecular formula is C95H180FN2O20P. The van der Waals surface area contributed by atoms with E-state index in [4.69, 9.17) is 37.7 Å². The van der Waals surface area contributed by atoms with Gasteiger partial charge in [0.1, 0.15) is 61.5 Å². The Bertz CT molecular complexity index is 2450. The highest BCUT2D eigenvalue weighted by molar-refractivity contribution is 7.46. The van der Waals surface area contributed by atoms with Gasteiger partial charge in [0.15, 0.2) is 12.4 Å². The van der Waals surface area contributed by atoms with Crippen molar-refractivity contribution in [1.29, 1.82) is 0 Å². The number of aliphatic hydroxyl groups excluding tert-OH is 3. The first-order valence-electron chi connectivity index (χ1n) is 49.5. The normalized spacial score (nSPS) is 20.6. The lowest BCUT2D eigenvalue weighted by atomic mass is 9.91. The molecule has 119 heavy (non-hydrogen) atoms. The molecule has 2 amide bonds. The van der Waals surface area contributed by atoms with Crippen LogP contribution in [0.1, 0.15) is 465 Å². The first kappa shape index (κ1) is 112. The average Bonchev–Trinajstić information content (AvgIpc) is 0.782. The number of rotatable bonds is 85. The van der Waals surface area contributed by atoms with E-state index in [1.165, 1.54) is 148 Å². The fraction of sp³-hybridized carbons (Fsp3) is 0.947. The van der Waals surface area contributed by atoms with Crippen LogP contribution in [0.5, 0.6) is 0 Å². The molecule has 22 nitrogen and oxygen atoms in total. The van der Waals surface area contributed by atoms with Crippen molar-refractivity contribution in [3.05, 3.63) is 0 Å². The number of ether oxygens (including phenoxy) is 7. The molecule has 14 atom stereocenters. The number of phosphoric acid groups is 1. The van der Waals surface area contributed by atoms with Crippen molar-refractivity contribution in [2.24, 2.45) is 0 Å². The van der Waals surface area contributed by atoms with Gasteiger partial charge in [-0.3, -0.25) is 23.7 Å². The molecule has 0 aromatic heterocycles. The maximum atomic E-state index is 16.0. The van der Waals surface area contributed by atoms with Crippen molar-refractivity contribution in [1.82, 2.24) is 10.6 Å². The number of carbonyl (C=O) groups is 5. The molecule has 0 aliphatic carbocycles. The summed E-state index contributed by atoms with van der Waals surface area (Å²) >= 11 is 0. The van der Waals surface area contributed by atoms with Gasteiger partial charge in [0.25, 0.3) is 0 Å². The molecule has 2 aliphatic rings. The zero-order valence-electron chi connectivity index (χ0n) is 76.3. The summed E-state index contributed by atoms with van der Waals surface area (Å²) in [5.41, 5.74) is 0. The molecule has 0 saturated carbocycles. The fourth-order valence-electron chi connectivity index (χ4n) is 16.7. The van der Waals surface area contributed by atoms with E-state index < -0.39 is 130 Å². The third-order valence-corrected chi connectivity index (χ3v) is 24.6. The number of phosphoric ester groups is 1. The molecular weight excluding hydrogens is 1540 g/mol. The number of amides is 2. The molecule has 2 fully saturated rings. The Hall–Kier alpha value is -2.93. The molecule has 24 heteroatoms. The molecule has 0 aromatic rings. The number of hydrogen-bond donors (Lipinski definition) is 8. The summed E-state index contributed by atoms with van der Waals surface area (Å²) in [4.78, 5) is 91.6. The van der Waals surface area contributed by atoms with Crippen molar-refractivity contribution < 1.29 is 101 Å². The number of esters is 2. The lowest BCUT2D eigenvalue weighted by molar-refractivity contribution is -0.287. The molecule has 2 aliphatic heterocycles. The number of nitrogens with one attached hydrogen (secondary N) is 2. The van der Waals surface area contributed by atoms with Crippen molar-refractivity contribution in [2.45, 2.75) is 551 Å². The predicted molar refractivity (Wildman–Crippen MR) is 474 cm³/mol.